The van der Waals surface area contributed by atoms with Gasteiger partial charge in [-0.25, -0.2) is 4.79 Å². The van der Waals surface area contributed by atoms with E-state index in [0.717, 1.165) is 44.1 Å². The Labute approximate surface area is 192 Å². The summed E-state index contributed by atoms with van der Waals surface area (Å²) in [6.07, 6.45) is 9.81. The molecule has 0 radical (unpaired) electrons. The summed E-state index contributed by atoms with van der Waals surface area (Å²) in [5, 5.41) is 2.08. The minimum atomic E-state index is -3.92. The monoisotopic (exact) mass is 457 g/mol. The maximum atomic E-state index is 14.0. The molecule has 5 nitrogen and oxygen atoms in total. The minimum Gasteiger partial charge on any atom is -0.445 e. The molecule has 0 aliphatic heterocycles. The highest BCUT2D eigenvalue weighted by Crippen LogP contribution is 2.57. The maximum absolute atomic E-state index is 14.0. The first-order valence-corrected chi connectivity index (χ1v) is 13.6. The fourth-order valence-corrected chi connectivity index (χ4v) is 6.76. The quantitative estimate of drug-likeness (QED) is 0.502. The van der Waals surface area contributed by atoms with Gasteiger partial charge in [0.25, 0.3) is 7.37 Å². The van der Waals surface area contributed by atoms with Crippen LogP contribution in [0.1, 0.15) is 76.2 Å². The van der Waals surface area contributed by atoms with Crippen LogP contribution in [0, 0.1) is 0 Å². The molecule has 1 saturated carbocycles. The van der Waals surface area contributed by atoms with Gasteiger partial charge in [-0.15, -0.1) is 0 Å². The normalized spacial score (nSPS) is 19.5. The molecule has 0 aromatic heterocycles. The van der Waals surface area contributed by atoms with Crippen molar-refractivity contribution < 1.29 is 19.0 Å². The van der Waals surface area contributed by atoms with E-state index in [4.69, 9.17) is 4.74 Å². The lowest BCUT2D eigenvalue weighted by atomic mass is 9.97. The molecule has 1 aliphatic rings. The molecule has 1 fully saturated rings. The van der Waals surface area contributed by atoms with Crippen molar-refractivity contribution in [1.82, 2.24) is 5.32 Å². The summed E-state index contributed by atoms with van der Waals surface area (Å²) in [5.41, 5.74) is 0.880. The lowest BCUT2D eigenvalue weighted by Crippen LogP contribution is -2.50. The Morgan fingerprint density at radius 3 is 1.81 bits per heavy atom. The van der Waals surface area contributed by atoms with Crippen molar-refractivity contribution in [3.63, 3.8) is 0 Å². The number of amides is 1. The average Bonchev–Trinajstić information content (AvgIpc) is 2.81. The highest BCUT2D eigenvalue weighted by atomic mass is 31.2. The minimum absolute atomic E-state index is 0.129. The van der Waals surface area contributed by atoms with Crippen LogP contribution in [0.2, 0.25) is 0 Å². The van der Waals surface area contributed by atoms with E-state index < -0.39 is 18.7 Å². The largest absolute Gasteiger partial charge is 0.445 e. The zero-order valence-electron chi connectivity index (χ0n) is 18.9. The molecule has 0 heterocycles. The summed E-state index contributed by atoms with van der Waals surface area (Å²) >= 11 is 0. The van der Waals surface area contributed by atoms with Gasteiger partial charge in [-0.1, -0.05) is 106 Å². The number of hydrogen-bond acceptors (Lipinski definition) is 3. The van der Waals surface area contributed by atoms with Crippen LogP contribution in [0.25, 0.3) is 0 Å². The van der Waals surface area contributed by atoms with Crippen LogP contribution >= 0.6 is 7.37 Å². The van der Waals surface area contributed by atoms with Crippen molar-refractivity contribution in [3.05, 3.63) is 66.2 Å². The second-order valence-corrected chi connectivity index (χ2v) is 11.3. The van der Waals surface area contributed by atoms with Gasteiger partial charge in [0.1, 0.15) is 11.9 Å². The van der Waals surface area contributed by atoms with Crippen molar-refractivity contribution in [3.8, 4) is 0 Å². The number of benzene rings is 2. The van der Waals surface area contributed by atoms with Crippen LogP contribution in [0.5, 0.6) is 0 Å². The molecular formula is C26H36NO4P. The summed E-state index contributed by atoms with van der Waals surface area (Å²) in [6, 6.07) is 18.2. The van der Waals surface area contributed by atoms with Crippen LogP contribution in [-0.4, -0.2) is 16.3 Å². The van der Waals surface area contributed by atoms with Gasteiger partial charge in [0.15, 0.2) is 0 Å². The topological polar surface area (TPSA) is 75.6 Å². The van der Waals surface area contributed by atoms with Crippen molar-refractivity contribution in [2.45, 2.75) is 82.5 Å². The number of hydrogen-bond donors (Lipinski definition) is 2. The van der Waals surface area contributed by atoms with Crippen LogP contribution in [-0.2, 0) is 15.9 Å². The van der Waals surface area contributed by atoms with Gasteiger partial charge in [0.05, 0.1) is 0 Å². The Balaban J connectivity index is 1.84. The molecule has 32 heavy (non-hydrogen) atoms. The Morgan fingerprint density at radius 2 is 1.28 bits per heavy atom. The van der Waals surface area contributed by atoms with Gasteiger partial charge >= 0.3 is 6.09 Å². The molecule has 2 aromatic carbocycles. The van der Waals surface area contributed by atoms with Gasteiger partial charge in [-0.3, -0.25) is 4.57 Å². The SMILES string of the molecule is O=C(NC1(P(=O)(O)c2ccccc2)CCCCCCCCCCC1)OCc1ccccc1. The summed E-state index contributed by atoms with van der Waals surface area (Å²) < 4.78 is 19.5. The fourth-order valence-electron chi connectivity index (χ4n) is 4.53. The summed E-state index contributed by atoms with van der Waals surface area (Å²) in [7, 11) is -3.92. The van der Waals surface area contributed by atoms with Gasteiger partial charge in [-0.2, -0.15) is 0 Å². The Morgan fingerprint density at radius 1 is 0.812 bits per heavy atom. The summed E-state index contributed by atoms with van der Waals surface area (Å²) in [4.78, 5) is 24.4. The summed E-state index contributed by atoms with van der Waals surface area (Å²) in [6.45, 7) is 0.129. The highest BCUT2D eigenvalue weighted by molar-refractivity contribution is 7.67. The Hall–Kier alpha value is -2.10. The molecule has 1 atom stereocenters. The third-order valence-electron chi connectivity index (χ3n) is 6.41. The van der Waals surface area contributed by atoms with E-state index in [1.165, 1.54) is 19.3 Å². The smallest absolute Gasteiger partial charge is 0.408 e. The van der Waals surface area contributed by atoms with Crippen molar-refractivity contribution >= 4 is 18.8 Å². The fraction of sp³-hybridized carbons (Fsp3) is 0.500. The van der Waals surface area contributed by atoms with Crippen LogP contribution in [0.3, 0.4) is 0 Å². The van der Waals surface area contributed by atoms with Crippen LogP contribution in [0.15, 0.2) is 60.7 Å². The van der Waals surface area contributed by atoms with Crippen LogP contribution < -0.4 is 10.6 Å². The predicted molar refractivity (Wildman–Crippen MR) is 129 cm³/mol. The average molecular weight is 458 g/mol. The zero-order valence-corrected chi connectivity index (χ0v) is 19.8. The lowest BCUT2D eigenvalue weighted by Gasteiger charge is -2.38. The zero-order chi connectivity index (χ0) is 22.7. The van der Waals surface area contributed by atoms with E-state index >= 15 is 0 Å². The second-order valence-electron chi connectivity index (χ2n) is 8.81. The van der Waals surface area contributed by atoms with Crippen molar-refractivity contribution in [2.75, 3.05) is 0 Å². The first-order valence-electron chi connectivity index (χ1n) is 11.9. The molecule has 1 aliphatic carbocycles. The maximum Gasteiger partial charge on any atom is 0.408 e. The molecule has 2 N–H and O–H groups in total. The second kappa shape index (κ2) is 12.2. The van der Waals surface area contributed by atoms with E-state index in [-0.39, 0.29) is 6.61 Å². The first kappa shape index (κ1) is 24.5. The highest BCUT2D eigenvalue weighted by Gasteiger charge is 2.49. The molecule has 2 aromatic rings. The standard InChI is InChI=1S/C26H36NO4P/c28-25(31-22-23-16-10-8-11-17-23)27-26(32(29,30)24-18-12-9-13-19-24)20-14-6-4-2-1-3-5-7-15-21-26/h8-13,16-19H,1-7,14-15,20-22H2,(H,27,28)(H,29,30). The van der Waals surface area contributed by atoms with E-state index in [1.54, 1.807) is 24.3 Å². The molecule has 0 bridgehead atoms. The molecule has 1 unspecified atom stereocenters. The van der Waals surface area contributed by atoms with Gasteiger partial charge < -0.3 is 14.9 Å². The van der Waals surface area contributed by atoms with Gasteiger partial charge in [0.2, 0.25) is 0 Å². The number of alkyl carbamates (subject to hydrolysis) is 1. The van der Waals surface area contributed by atoms with Crippen molar-refractivity contribution in [1.29, 1.82) is 0 Å². The molecule has 1 amide bonds. The van der Waals surface area contributed by atoms with E-state index in [1.807, 2.05) is 36.4 Å². The Bertz CT molecular complexity index is 860. The molecule has 0 saturated heterocycles. The molecule has 0 spiro atoms. The number of ether oxygens (including phenoxy) is 1. The Kier molecular flexibility index (Phi) is 9.37. The van der Waals surface area contributed by atoms with Gasteiger partial charge in [-0.05, 0) is 30.5 Å². The third-order valence-corrected chi connectivity index (χ3v) is 9.13. The van der Waals surface area contributed by atoms with Gasteiger partial charge in [0, 0.05) is 5.30 Å². The molecule has 174 valence electrons. The van der Waals surface area contributed by atoms with E-state index in [9.17, 15) is 14.3 Å². The summed E-state index contributed by atoms with van der Waals surface area (Å²) in [5.74, 6) is 0. The van der Waals surface area contributed by atoms with E-state index in [2.05, 4.69) is 5.32 Å². The molecule has 6 heteroatoms. The van der Waals surface area contributed by atoms with Crippen molar-refractivity contribution in [2.24, 2.45) is 0 Å². The molecule has 3 rings (SSSR count). The van der Waals surface area contributed by atoms with E-state index in [0.29, 0.717) is 18.1 Å². The number of carbonyl (C=O) groups is 1. The number of nitrogens with one attached hydrogen (secondary N) is 1. The predicted octanol–water partition coefficient (Wildman–Crippen LogP) is 6.51. The molecular weight excluding hydrogens is 421 g/mol. The number of carbonyl (C=O) groups excluding carboxylic acids is 1. The lowest BCUT2D eigenvalue weighted by molar-refractivity contribution is 0.129. The number of rotatable bonds is 5. The van der Waals surface area contributed by atoms with Crippen LogP contribution in [0.4, 0.5) is 4.79 Å². The third kappa shape index (κ3) is 6.70. The first-order chi connectivity index (χ1) is 15.5.